The fraction of sp³-hybridized carbons (Fsp3) is 0.0256. The number of nitrogens with one attached hydrogen (secondary N) is 1. The summed E-state index contributed by atoms with van der Waals surface area (Å²) in [5.41, 5.74) is 8.91. The average Bonchev–Trinajstić information content (AvgIpc) is 3.11. The van der Waals surface area contributed by atoms with Gasteiger partial charge in [-0.15, -0.1) is 0 Å². The summed E-state index contributed by atoms with van der Waals surface area (Å²) in [6.45, 7) is 0. The van der Waals surface area contributed by atoms with E-state index in [0.717, 1.165) is 65.6 Å². The zero-order valence-electron chi connectivity index (χ0n) is 24.1. The van der Waals surface area contributed by atoms with Gasteiger partial charge in [-0.05, 0) is 47.0 Å². The van der Waals surface area contributed by atoms with Gasteiger partial charge < -0.3 is 5.32 Å². The van der Waals surface area contributed by atoms with Gasteiger partial charge in [0.25, 0.3) is 0 Å². The Morgan fingerprint density at radius 1 is 0.556 bits per heavy atom. The highest BCUT2D eigenvalue weighted by Gasteiger charge is 2.22. The highest BCUT2D eigenvalue weighted by Crippen LogP contribution is 2.30. The lowest BCUT2D eigenvalue weighted by molar-refractivity contribution is 0.674. The lowest BCUT2D eigenvalue weighted by Gasteiger charge is -2.24. The molecule has 214 valence electrons. The molecule has 6 heteroatoms. The predicted octanol–water partition coefficient (Wildman–Crippen LogP) is 9.37. The maximum Gasteiger partial charge on any atom is 0.159 e. The molecule has 2 aromatic heterocycles. The second-order valence-electron chi connectivity index (χ2n) is 11.0. The summed E-state index contributed by atoms with van der Waals surface area (Å²) in [5, 5.41) is 5.70. The number of amidine groups is 2. The summed E-state index contributed by atoms with van der Waals surface area (Å²) in [5.74, 6) is 1.43. The van der Waals surface area contributed by atoms with Crippen LogP contribution in [0.1, 0.15) is 22.9 Å². The van der Waals surface area contributed by atoms with Gasteiger partial charge in [0.1, 0.15) is 12.0 Å². The van der Waals surface area contributed by atoms with E-state index in [0.29, 0.717) is 5.84 Å². The number of fused-ring (bicyclic) bond motifs is 3. The van der Waals surface area contributed by atoms with Crippen LogP contribution in [0.15, 0.2) is 160 Å². The molecule has 45 heavy (non-hydrogen) atoms. The van der Waals surface area contributed by atoms with E-state index >= 15 is 0 Å². The Morgan fingerprint density at radius 3 is 2.02 bits per heavy atom. The van der Waals surface area contributed by atoms with Gasteiger partial charge in [-0.25, -0.2) is 15.0 Å². The standard InChI is InChI=1S/C39H26BrN5/c40-33-23-31(34-20-19-28-16-15-27-12-7-21-41-35(27)36(28)42-34)22-32(24-33)39-44-37(29-10-5-2-6-11-29)43-38(45-39)30-17-13-26(14-18-30)25-8-3-1-4-9-25/h1-24,37H,(H,43,44,45). The molecule has 1 unspecified atom stereocenters. The summed E-state index contributed by atoms with van der Waals surface area (Å²) in [4.78, 5) is 19.9. The van der Waals surface area contributed by atoms with Crippen molar-refractivity contribution in [2.75, 3.05) is 0 Å². The first-order chi connectivity index (χ1) is 22.2. The Morgan fingerprint density at radius 2 is 1.22 bits per heavy atom. The lowest BCUT2D eigenvalue weighted by atomic mass is 10.0. The zero-order chi connectivity index (χ0) is 30.2. The fourth-order valence-electron chi connectivity index (χ4n) is 5.73. The number of rotatable bonds is 5. The highest BCUT2D eigenvalue weighted by atomic mass is 79.9. The smallest absolute Gasteiger partial charge is 0.159 e. The molecule has 0 saturated carbocycles. The van der Waals surface area contributed by atoms with E-state index in [1.807, 2.05) is 36.5 Å². The molecular formula is C39H26BrN5. The number of pyridine rings is 2. The zero-order valence-corrected chi connectivity index (χ0v) is 25.7. The van der Waals surface area contributed by atoms with Crippen molar-refractivity contribution in [3.63, 3.8) is 0 Å². The molecule has 5 aromatic carbocycles. The second-order valence-corrected chi connectivity index (χ2v) is 11.9. The maximum atomic E-state index is 5.10. The highest BCUT2D eigenvalue weighted by molar-refractivity contribution is 9.10. The first-order valence-corrected chi connectivity index (χ1v) is 15.6. The first-order valence-electron chi connectivity index (χ1n) is 14.8. The largest absolute Gasteiger partial charge is 0.344 e. The molecule has 0 aliphatic carbocycles. The Kier molecular flexibility index (Phi) is 6.97. The van der Waals surface area contributed by atoms with Gasteiger partial charge in [-0.2, -0.15) is 0 Å². The summed E-state index contributed by atoms with van der Waals surface area (Å²) in [6, 6.07) is 47.8. The number of aliphatic imine (C=N–C) groups is 2. The van der Waals surface area contributed by atoms with Crippen LogP contribution in [-0.2, 0) is 0 Å². The Labute approximate surface area is 269 Å². The molecule has 1 aliphatic rings. The predicted molar refractivity (Wildman–Crippen MR) is 187 cm³/mol. The molecule has 7 aromatic rings. The van der Waals surface area contributed by atoms with Crippen molar-refractivity contribution in [1.29, 1.82) is 0 Å². The Hall–Kier alpha value is -5.46. The van der Waals surface area contributed by atoms with E-state index in [4.69, 9.17) is 15.0 Å². The van der Waals surface area contributed by atoms with Crippen LogP contribution in [-0.4, -0.2) is 21.6 Å². The molecule has 0 bridgehead atoms. The van der Waals surface area contributed by atoms with Crippen molar-refractivity contribution in [2.24, 2.45) is 9.98 Å². The van der Waals surface area contributed by atoms with Crippen LogP contribution in [0, 0.1) is 0 Å². The van der Waals surface area contributed by atoms with Gasteiger partial charge in [0.05, 0.1) is 16.7 Å². The molecule has 0 spiro atoms. The van der Waals surface area contributed by atoms with Crippen LogP contribution >= 0.6 is 15.9 Å². The maximum absolute atomic E-state index is 5.10. The summed E-state index contributed by atoms with van der Waals surface area (Å²) < 4.78 is 0.925. The summed E-state index contributed by atoms with van der Waals surface area (Å²) in [6.07, 6.45) is 1.53. The van der Waals surface area contributed by atoms with Crippen molar-refractivity contribution in [3.8, 4) is 22.4 Å². The molecule has 5 nitrogen and oxygen atoms in total. The first kappa shape index (κ1) is 27.1. The SMILES string of the molecule is Brc1cc(C2=NC(c3ccccc3)NC(c3ccc(-c4ccccc4)cc3)=N2)cc(-c2ccc3ccc4cccnc4c3n2)c1. The molecule has 3 heterocycles. The van der Waals surface area contributed by atoms with E-state index < -0.39 is 0 Å². The third-order valence-corrected chi connectivity index (χ3v) is 8.47. The third kappa shape index (κ3) is 5.41. The summed E-state index contributed by atoms with van der Waals surface area (Å²) >= 11 is 3.76. The van der Waals surface area contributed by atoms with Crippen molar-refractivity contribution in [1.82, 2.24) is 15.3 Å². The van der Waals surface area contributed by atoms with Gasteiger partial charge in [0.15, 0.2) is 5.84 Å². The molecule has 0 saturated heterocycles. The van der Waals surface area contributed by atoms with Gasteiger partial charge in [0.2, 0.25) is 0 Å². The number of benzene rings is 5. The summed E-state index contributed by atoms with van der Waals surface area (Å²) in [7, 11) is 0. The number of hydrogen-bond donors (Lipinski definition) is 1. The Bertz CT molecular complexity index is 2240. The van der Waals surface area contributed by atoms with E-state index in [9.17, 15) is 0 Å². The van der Waals surface area contributed by atoms with E-state index in [-0.39, 0.29) is 6.17 Å². The average molecular weight is 645 g/mol. The fourth-order valence-corrected chi connectivity index (χ4v) is 6.23. The molecule has 8 rings (SSSR count). The van der Waals surface area contributed by atoms with Crippen LogP contribution in [0.5, 0.6) is 0 Å². The van der Waals surface area contributed by atoms with E-state index in [1.165, 1.54) is 5.56 Å². The minimum Gasteiger partial charge on any atom is -0.344 e. The number of halogens is 1. The molecule has 0 radical (unpaired) electrons. The van der Waals surface area contributed by atoms with Crippen molar-refractivity contribution >= 4 is 49.4 Å². The van der Waals surface area contributed by atoms with Crippen molar-refractivity contribution in [2.45, 2.75) is 6.17 Å². The molecule has 0 amide bonds. The minimum atomic E-state index is -0.291. The van der Waals surface area contributed by atoms with Crippen LogP contribution in [0.2, 0.25) is 0 Å². The minimum absolute atomic E-state index is 0.291. The molecule has 1 atom stereocenters. The lowest BCUT2D eigenvalue weighted by Crippen LogP contribution is -2.33. The van der Waals surface area contributed by atoms with Crippen molar-refractivity contribution in [3.05, 3.63) is 167 Å². The Balaban J connectivity index is 1.21. The van der Waals surface area contributed by atoms with Gasteiger partial charge in [-0.3, -0.25) is 4.98 Å². The molecule has 1 aliphatic heterocycles. The monoisotopic (exact) mass is 643 g/mol. The van der Waals surface area contributed by atoms with E-state index in [1.54, 1.807) is 0 Å². The van der Waals surface area contributed by atoms with Crippen LogP contribution in [0.3, 0.4) is 0 Å². The van der Waals surface area contributed by atoms with Gasteiger partial charge >= 0.3 is 0 Å². The van der Waals surface area contributed by atoms with Gasteiger partial charge in [-0.1, -0.05) is 125 Å². The number of nitrogens with zero attached hydrogens (tertiary/aromatic N) is 4. The third-order valence-electron chi connectivity index (χ3n) is 8.01. The molecule has 0 fully saturated rings. The normalized spacial score (nSPS) is 14.6. The molecular weight excluding hydrogens is 618 g/mol. The van der Waals surface area contributed by atoms with Crippen LogP contribution in [0.4, 0.5) is 0 Å². The van der Waals surface area contributed by atoms with Crippen LogP contribution < -0.4 is 5.32 Å². The van der Waals surface area contributed by atoms with Crippen molar-refractivity contribution < 1.29 is 0 Å². The van der Waals surface area contributed by atoms with Crippen LogP contribution in [0.25, 0.3) is 44.2 Å². The second kappa shape index (κ2) is 11.6. The topological polar surface area (TPSA) is 62.5 Å². The number of aromatic nitrogens is 2. The number of hydrogen-bond acceptors (Lipinski definition) is 5. The van der Waals surface area contributed by atoms with E-state index in [2.05, 4.69) is 135 Å². The quantitative estimate of drug-likeness (QED) is 0.190. The van der Waals surface area contributed by atoms with Gasteiger partial charge in [0, 0.05) is 38.1 Å². The molecule has 1 N–H and O–H groups in total.